The van der Waals surface area contributed by atoms with Gasteiger partial charge in [0.25, 0.3) is 5.60 Å². The molecule has 1 atom stereocenters. The van der Waals surface area contributed by atoms with Gasteiger partial charge in [-0.15, -0.1) is 0 Å². The minimum absolute atomic E-state index is 0.0139. The van der Waals surface area contributed by atoms with Crippen LogP contribution in [0.15, 0.2) is 24.3 Å². The molecule has 1 aromatic rings. The van der Waals surface area contributed by atoms with E-state index in [-0.39, 0.29) is 5.75 Å². The van der Waals surface area contributed by atoms with Crippen molar-refractivity contribution in [1.29, 1.82) is 0 Å². The number of esters is 2. The summed E-state index contributed by atoms with van der Waals surface area (Å²) < 4.78 is 83.5. The predicted octanol–water partition coefficient (Wildman–Crippen LogP) is 4.21. The van der Waals surface area contributed by atoms with Gasteiger partial charge in [-0.1, -0.05) is 29.5 Å². The minimum Gasteiger partial charge on any atom is -0.458 e. The van der Waals surface area contributed by atoms with Crippen LogP contribution in [-0.2, 0) is 9.53 Å². The zero-order chi connectivity index (χ0) is 22.0. The van der Waals surface area contributed by atoms with E-state index in [1.807, 2.05) is 22.6 Å². The molecule has 0 aliphatic rings. The van der Waals surface area contributed by atoms with Crippen LogP contribution >= 0.6 is 22.6 Å². The highest BCUT2D eigenvalue weighted by Crippen LogP contribution is 2.43. The van der Waals surface area contributed by atoms with Crippen molar-refractivity contribution in [3.8, 4) is 5.75 Å². The molecular formula is C16H15F6IO5. The molecule has 0 saturated heterocycles. The van der Waals surface area contributed by atoms with E-state index in [2.05, 4.69) is 4.74 Å². The van der Waals surface area contributed by atoms with Gasteiger partial charge >= 0.3 is 24.3 Å². The maximum absolute atomic E-state index is 12.5. The molecule has 0 amide bonds. The Hall–Kier alpha value is -1.57. The van der Waals surface area contributed by atoms with E-state index in [9.17, 15) is 35.9 Å². The summed E-state index contributed by atoms with van der Waals surface area (Å²) in [5.74, 6) is -2.09. The first kappa shape index (κ1) is 24.5. The first-order chi connectivity index (χ1) is 12.5. The number of ether oxygens (including phenoxy) is 2. The van der Waals surface area contributed by atoms with Crippen molar-refractivity contribution in [2.45, 2.75) is 41.6 Å². The molecular weight excluding hydrogens is 513 g/mol. The average molecular weight is 528 g/mol. The van der Waals surface area contributed by atoms with Crippen LogP contribution in [0.1, 0.15) is 30.6 Å². The number of hydrogen-bond donors (Lipinski definition) is 1. The number of carbonyl (C=O) groups is 2. The maximum Gasteiger partial charge on any atom is 0.429 e. The fourth-order valence-electron chi connectivity index (χ4n) is 1.59. The van der Waals surface area contributed by atoms with Crippen LogP contribution in [-0.4, -0.2) is 45.0 Å². The first-order valence-corrected chi connectivity index (χ1v) is 8.67. The van der Waals surface area contributed by atoms with Crippen molar-refractivity contribution >= 4 is 34.5 Å². The molecule has 0 aliphatic heterocycles. The van der Waals surface area contributed by atoms with Gasteiger partial charge in [0.05, 0.1) is 5.56 Å². The van der Waals surface area contributed by atoms with Crippen LogP contribution < -0.4 is 4.74 Å². The number of rotatable bonds is 6. The number of benzene rings is 1. The summed E-state index contributed by atoms with van der Waals surface area (Å²) in [6.07, 6.45) is -11.7. The molecule has 158 valence electrons. The van der Waals surface area contributed by atoms with Gasteiger partial charge in [-0.3, -0.25) is 4.79 Å². The second-order valence-electron chi connectivity index (χ2n) is 5.90. The van der Waals surface area contributed by atoms with E-state index in [0.29, 0.717) is 6.42 Å². The molecule has 0 radical (unpaired) electrons. The Morgan fingerprint density at radius 2 is 1.50 bits per heavy atom. The van der Waals surface area contributed by atoms with Gasteiger partial charge in [0, 0.05) is 0 Å². The zero-order valence-electron chi connectivity index (χ0n) is 14.4. The SMILES string of the molecule is CCC(C)(I)C(=O)Oc1ccc(C(=O)OCC(O)(C(F)(F)F)C(F)(F)F)cc1. The van der Waals surface area contributed by atoms with E-state index >= 15 is 0 Å². The topological polar surface area (TPSA) is 72.8 Å². The van der Waals surface area contributed by atoms with Crippen molar-refractivity contribution < 1.29 is 50.5 Å². The lowest BCUT2D eigenvalue weighted by atomic mass is 10.0. The molecule has 1 unspecified atom stereocenters. The third-order valence-electron chi connectivity index (χ3n) is 3.74. The number of hydrogen-bond acceptors (Lipinski definition) is 5. The van der Waals surface area contributed by atoms with Crippen LogP contribution in [0.5, 0.6) is 5.75 Å². The Balaban J connectivity index is 2.85. The van der Waals surface area contributed by atoms with Gasteiger partial charge in [-0.05, 0) is 37.6 Å². The van der Waals surface area contributed by atoms with E-state index in [0.717, 1.165) is 24.3 Å². The molecule has 12 heteroatoms. The molecule has 0 heterocycles. The summed E-state index contributed by atoms with van der Waals surface area (Å²) >= 11 is 1.88. The van der Waals surface area contributed by atoms with Gasteiger partial charge in [0.1, 0.15) is 15.8 Å². The highest BCUT2D eigenvalue weighted by Gasteiger charge is 2.71. The van der Waals surface area contributed by atoms with Crippen LogP contribution in [0.4, 0.5) is 26.3 Å². The van der Waals surface area contributed by atoms with E-state index in [1.165, 1.54) is 0 Å². The number of alkyl halides is 7. The quantitative estimate of drug-likeness (QED) is 0.197. The highest BCUT2D eigenvalue weighted by atomic mass is 127. The van der Waals surface area contributed by atoms with Gasteiger partial charge < -0.3 is 14.6 Å². The molecule has 0 bridgehead atoms. The molecule has 0 fully saturated rings. The van der Waals surface area contributed by atoms with Crippen LogP contribution in [0.25, 0.3) is 0 Å². The van der Waals surface area contributed by atoms with E-state index in [4.69, 9.17) is 9.84 Å². The Kier molecular flexibility index (Phi) is 7.37. The minimum atomic E-state index is -6.10. The molecule has 0 saturated carbocycles. The third kappa shape index (κ3) is 5.49. The Bertz CT molecular complexity index is 698. The Morgan fingerprint density at radius 3 is 1.89 bits per heavy atom. The maximum atomic E-state index is 12.5. The molecule has 0 aromatic heterocycles. The predicted molar refractivity (Wildman–Crippen MR) is 92.1 cm³/mol. The van der Waals surface area contributed by atoms with Crippen molar-refractivity contribution in [3.63, 3.8) is 0 Å². The first-order valence-electron chi connectivity index (χ1n) is 7.59. The van der Waals surface area contributed by atoms with Gasteiger partial charge in [-0.25, -0.2) is 4.79 Å². The number of carbonyl (C=O) groups excluding carboxylic acids is 2. The van der Waals surface area contributed by atoms with Crippen molar-refractivity contribution in [1.82, 2.24) is 0 Å². The van der Waals surface area contributed by atoms with Crippen molar-refractivity contribution in [2.24, 2.45) is 0 Å². The van der Waals surface area contributed by atoms with Crippen LogP contribution in [0, 0.1) is 0 Å². The molecule has 0 aliphatic carbocycles. The summed E-state index contributed by atoms with van der Waals surface area (Å²) in [5, 5.41) is 8.94. The lowest BCUT2D eigenvalue weighted by molar-refractivity contribution is -0.374. The van der Waals surface area contributed by atoms with E-state index in [1.54, 1.807) is 13.8 Å². The highest BCUT2D eigenvalue weighted by molar-refractivity contribution is 14.1. The second kappa shape index (κ2) is 8.43. The molecule has 0 spiro atoms. The fraction of sp³-hybridized carbons (Fsp3) is 0.500. The van der Waals surface area contributed by atoms with E-state index < -0.39 is 45.5 Å². The zero-order valence-corrected chi connectivity index (χ0v) is 16.6. The molecule has 1 N–H and O–H groups in total. The third-order valence-corrected chi connectivity index (χ3v) is 4.94. The summed E-state index contributed by atoms with van der Waals surface area (Å²) in [4.78, 5) is 23.6. The molecule has 1 aromatic carbocycles. The van der Waals surface area contributed by atoms with Gasteiger partial charge in [0.15, 0.2) is 0 Å². The summed E-state index contributed by atoms with van der Waals surface area (Å²) in [5.41, 5.74) is -5.60. The second-order valence-corrected chi connectivity index (χ2v) is 8.28. The lowest BCUT2D eigenvalue weighted by Gasteiger charge is -2.31. The number of aliphatic hydroxyl groups is 1. The lowest BCUT2D eigenvalue weighted by Crippen LogP contribution is -2.60. The monoisotopic (exact) mass is 528 g/mol. The van der Waals surface area contributed by atoms with Gasteiger partial charge in [0.2, 0.25) is 0 Å². The van der Waals surface area contributed by atoms with Crippen LogP contribution in [0.3, 0.4) is 0 Å². The summed E-state index contributed by atoms with van der Waals surface area (Å²) in [6, 6.07) is 4.22. The Labute approximate surface area is 169 Å². The summed E-state index contributed by atoms with van der Waals surface area (Å²) in [6.45, 7) is 1.03. The normalized spacial score (nSPS) is 14.9. The standard InChI is InChI=1S/C16H15F6IO5/c1-3-13(2,23)12(25)28-10-6-4-9(5-7-10)11(24)27-8-14(26,15(17,18)19)16(20,21)22/h4-7,26H,3,8H2,1-2H3. The van der Waals surface area contributed by atoms with Crippen LogP contribution in [0.2, 0.25) is 0 Å². The fourth-order valence-corrected chi connectivity index (χ4v) is 1.70. The molecule has 28 heavy (non-hydrogen) atoms. The number of halogens is 7. The largest absolute Gasteiger partial charge is 0.458 e. The van der Waals surface area contributed by atoms with Crippen molar-refractivity contribution in [3.05, 3.63) is 29.8 Å². The van der Waals surface area contributed by atoms with Crippen molar-refractivity contribution in [2.75, 3.05) is 6.61 Å². The average Bonchev–Trinajstić information content (AvgIpc) is 2.57. The summed E-state index contributed by atoms with van der Waals surface area (Å²) in [7, 11) is 0. The Morgan fingerprint density at radius 1 is 1.04 bits per heavy atom. The molecule has 5 nitrogen and oxygen atoms in total. The molecule has 1 rings (SSSR count). The smallest absolute Gasteiger partial charge is 0.429 e. The van der Waals surface area contributed by atoms with Gasteiger partial charge in [-0.2, -0.15) is 26.3 Å².